The van der Waals surface area contributed by atoms with E-state index in [-0.39, 0.29) is 30.5 Å². The maximum absolute atomic E-state index is 12.8. The molecule has 0 spiro atoms. The van der Waals surface area contributed by atoms with Crippen LogP contribution < -0.4 is 20.1 Å². The van der Waals surface area contributed by atoms with Crippen molar-refractivity contribution in [3.63, 3.8) is 0 Å². The molecule has 4 aromatic carbocycles. The molecule has 0 radical (unpaired) electrons. The van der Waals surface area contributed by atoms with Crippen molar-refractivity contribution in [1.29, 1.82) is 0 Å². The summed E-state index contributed by atoms with van der Waals surface area (Å²) in [5, 5.41) is 15.3. The highest BCUT2D eigenvalue weighted by atomic mass is 16.7. The Balaban J connectivity index is 1.13. The lowest BCUT2D eigenvalue weighted by Gasteiger charge is -2.43. The molecule has 2 aliphatic rings. The number of aliphatic hydroxyl groups excluding tert-OH is 1. The fraction of sp³-hybridized carbons (Fsp3) is 0.381. The van der Waals surface area contributed by atoms with Gasteiger partial charge in [0.25, 0.3) is 0 Å². The first-order chi connectivity index (χ1) is 25.2. The number of methoxy groups -OCH3 is 2. The van der Waals surface area contributed by atoms with E-state index in [0.717, 1.165) is 65.4 Å². The lowest BCUT2D eigenvalue weighted by Crippen LogP contribution is -2.46. The first-order valence-corrected chi connectivity index (χ1v) is 17.9. The van der Waals surface area contributed by atoms with Crippen molar-refractivity contribution in [2.24, 2.45) is 5.92 Å². The van der Waals surface area contributed by atoms with Gasteiger partial charge in [-0.1, -0.05) is 85.8 Å². The van der Waals surface area contributed by atoms with Crippen LogP contribution in [-0.4, -0.2) is 61.3 Å². The number of benzene rings is 4. The average molecular weight is 708 g/mol. The van der Waals surface area contributed by atoms with Crippen LogP contribution in [0.2, 0.25) is 0 Å². The number of aliphatic hydroxyl groups is 1. The van der Waals surface area contributed by atoms with Crippen molar-refractivity contribution in [1.82, 2.24) is 15.5 Å². The van der Waals surface area contributed by atoms with Crippen LogP contribution in [0.25, 0.3) is 0 Å². The lowest BCUT2D eigenvalue weighted by molar-refractivity contribution is -0.276. The summed E-state index contributed by atoms with van der Waals surface area (Å²) in [7, 11) is 3.33. The number of rotatable bonds is 13. The van der Waals surface area contributed by atoms with Crippen molar-refractivity contribution in [3.05, 3.63) is 130 Å². The Morgan fingerprint density at radius 1 is 0.865 bits per heavy atom. The summed E-state index contributed by atoms with van der Waals surface area (Å²) in [5.74, 6) is 1.43. The normalized spacial score (nSPS) is 20.7. The summed E-state index contributed by atoms with van der Waals surface area (Å²) in [4.78, 5) is 27.4. The van der Waals surface area contributed by atoms with Gasteiger partial charge >= 0.3 is 6.03 Å². The van der Waals surface area contributed by atoms with Gasteiger partial charge in [-0.2, -0.15) is 0 Å². The highest BCUT2D eigenvalue weighted by molar-refractivity contribution is 5.87. The topological polar surface area (TPSA) is 119 Å². The highest BCUT2D eigenvalue weighted by Gasteiger charge is 2.39. The summed E-state index contributed by atoms with van der Waals surface area (Å²) < 4.78 is 24.6. The van der Waals surface area contributed by atoms with E-state index in [1.165, 1.54) is 18.1 Å². The van der Waals surface area contributed by atoms with Gasteiger partial charge in [-0.05, 0) is 65.3 Å². The van der Waals surface area contributed by atoms with Crippen LogP contribution in [0.5, 0.6) is 11.5 Å². The smallest absolute Gasteiger partial charge is 0.315 e. The molecule has 274 valence electrons. The average Bonchev–Trinajstić information content (AvgIpc) is 3.17. The molecule has 0 aliphatic carbocycles. The Bertz CT molecular complexity index is 1800. The number of carbonyl (C=O) groups excluding carboxylic acids is 2. The maximum Gasteiger partial charge on any atom is 0.315 e. The summed E-state index contributed by atoms with van der Waals surface area (Å²) in [6, 6.07) is 28.6. The van der Waals surface area contributed by atoms with Gasteiger partial charge in [-0.25, -0.2) is 4.79 Å². The molecular formula is C42H49N3O7. The van der Waals surface area contributed by atoms with Crippen molar-refractivity contribution >= 4 is 11.8 Å². The summed E-state index contributed by atoms with van der Waals surface area (Å²) in [6.07, 6.45) is 0.371. The molecule has 3 N–H and O–H groups in total. The number of amides is 2. The minimum atomic E-state index is -0.612. The minimum absolute atomic E-state index is 0.0172. The molecule has 2 aliphatic heterocycles. The summed E-state index contributed by atoms with van der Waals surface area (Å²) >= 11 is 0. The van der Waals surface area contributed by atoms with E-state index in [9.17, 15) is 14.7 Å². The third-order valence-electron chi connectivity index (χ3n) is 10.1. The second kappa shape index (κ2) is 17.2. The van der Waals surface area contributed by atoms with Gasteiger partial charge in [0.2, 0.25) is 0 Å². The van der Waals surface area contributed by atoms with E-state index < -0.39 is 18.4 Å². The van der Waals surface area contributed by atoms with Crippen LogP contribution in [0.4, 0.5) is 4.79 Å². The Morgan fingerprint density at radius 2 is 1.52 bits per heavy atom. The number of hydrogen-bond donors (Lipinski definition) is 3. The van der Waals surface area contributed by atoms with E-state index >= 15 is 0 Å². The summed E-state index contributed by atoms with van der Waals surface area (Å²) in [6.45, 7) is 6.33. The second-order valence-electron chi connectivity index (χ2n) is 13.7. The van der Waals surface area contributed by atoms with Gasteiger partial charge in [0.15, 0.2) is 23.6 Å². The Hall–Kier alpha value is -4.74. The second-order valence-corrected chi connectivity index (χ2v) is 13.7. The molecule has 10 heteroatoms. The van der Waals surface area contributed by atoms with E-state index in [4.69, 9.17) is 18.9 Å². The van der Waals surface area contributed by atoms with Crippen LogP contribution >= 0.6 is 0 Å². The third-order valence-corrected chi connectivity index (χ3v) is 10.1. The van der Waals surface area contributed by atoms with Gasteiger partial charge < -0.3 is 34.7 Å². The third kappa shape index (κ3) is 9.00. The Labute approximate surface area is 306 Å². The van der Waals surface area contributed by atoms with E-state index in [2.05, 4.69) is 34.6 Å². The number of carbonyl (C=O) groups is 2. The van der Waals surface area contributed by atoms with Crippen LogP contribution in [0, 0.1) is 5.92 Å². The number of nitrogens with zero attached hydrogens (tertiary/aromatic N) is 1. The SMILES string of the molecule is COc1cc2c(cc1OC)CN(CC1OC(c3ccc(CNC(=O)NC(Cc4ccccc4)C(C)=O)cc3)OC(c3ccc(CO)cc3)C1C)CC2. The van der Waals surface area contributed by atoms with Gasteiger partial charge in [-0.15, -0.1) is 0 Å². The first kappa shape index (κ1) is 37.0. The van der Waals surface area contributed by atoms with Crippen molar-refractivity contribution < 1.29 is 33.6 Å². The maximum atomic E-state index is 12.8. The highest BCUT2D eigenvalue weighted by Crippen LogP contribution is 2.42. The van der Waals surface area contributed by atoms with Gasteiger partial charge in [0.1, 0.15) is 0 Å². The minimum Gasteiger partial charge on any atom is -0.493 e. The van der Waals surface area contributed by atoms with Crippen LogP contribution in [0.1, 0.15) is 65.2 Å². The number of ketones is 1. The van der Waals surface area contributed by atoms with Crippen LogP contribution in [0.3, 0.4) is 0 Å². The van der Waals surface area contributed by atoms with E-state index in [1.807, 2.05) is 78.9 Å². The monoisotopic (exact) mass is 707 g/mol. The zero-order chi connectivity index (χ0) is 36.6. The lowest BCUT2D eigenvalue weighted by atomic mass is 9.89. The van der Waals surface area contributed by atoms with Crippen LogP contribution in [0.15, 0.2) is 91.0 Å². The molecule has 10 nitrogen and oxygen atoms in total. The predicted octanol–water partition coefficient (Wildman–Crippen LogP) is 6.05. The zero-order valence-electron chi connectivity index (χ0n) is 30.3. The summed E-state index contributed by atoms with van der Waals surface area (Å²) in [5.41, 5.74) is 7.14. The molecule has 0 aromatic heterocycles. The molecule has 5 unspecified atom stereocenters. The number of fused-ring (bicyclic) bond motifs is 1. The number of ether oxygens (including phenoxy) is 4. The molecular weight excluding hydrogens is 658 g/mol. The molecule has 2 amide bonds. The number of hydrogen-bond acceptors (Lipinski definition) is 8. The van der Waals surface area contributed by atoms with Crippen molar-refractivity contribution in [3.8, 4) is 11.5 Å². The Morgan fingerprint density at radius 3 is 2.17 bits per heavy atom. The fourth-order valence-corrected chi connectivity index (χ4v) is 7.01. The first-order valence-electron chi connectivity index (χ1n) is 17.9. The molecule has 5 atom stereocenters. The van der Waals surface area contributed by atoms with Gasteiger partial charge in [0, 0.05) is 37.7 Å². The standard InChI is InChI=1S/C42H49N3O7/c1-27-39(25-45-19-18-34-21-37(49-3)38(50-4)22-35(34)24-45)51-41(52-40(27)32-14-12-31(26-46)13-15-32)33-16-10-30(11-17-33)23-43-42(48)44-36(28(2)47)20-29-8-6-5-7-9-29/h5-17,21-22,27,36,39-41,46H,18-20,23-26H2,1-4H3,(H2,43,44,48). The molecule has 0 bridgehead atoms. The zero-order valence-corrected chi connectivity index (χ0v) is 30.3. The van der Waals surface area contributed by atoms with E-state index in [0.29, 0.717) is 13.0 Å². The van der Waals surface area contributed by atoms with Crippen molar-refractivity contribution in [2.75, 3.05) is 27.3 Å². The molecule has 2 heterocycles. The van der Waals surface area contributed by atoms with Crippen LogP contribution in [-0.2, 0) is 46.8 Å². The molecule has 6 rings (SSSR count). The van der Waals surface area contributed by atoms with Gasteiger partial charge in [-0.3, -0.25) is 9.69 Å². The quantitative estimate of drug-likeness (QED) is 0.154. The largest absolute Gasteiger partial charge is 0.493 e. The van der Waals surface area contributed by atoms with Crippen molar-refractivity contribution in [2.45, 2.75) is 70.9 Å². The molecule has 1 fully saturated rings. The molecule has 52 heavy (non-hydrogen) atoms. The Kier molecular flexibility index (Phi) is 12.2. The molecule has 0 saturated carbocycles. The fourth-order valence-electron chi connectivity index (χ4n) is 7.01. The molecule has 4 aromatic rings. The van der Waals surface area contributed by atoms with Gasteiger partial charge in [0.05, 0.1) is 39.1 Å². The predicted molar refractivity (Wildman–Crippen MR) is 198 cm³/mol. The number of nitrogens with one attached hydrogen (secondary N) is 2. The molecule has 1 saturated heterocycles. The number of Topliss-reactive ketones (excluding diaryl/α,β-unsaturated/α-hetero) is 1. The number of urea groups is 1. The van der Waals surface area contributed by atoms with E-state index in [1.54, 1.807) is 14.2 Å².